The van der Waals surface area contributed by atoms with E-state index in [0.717, 1.165) is 17.8 Å². The van der Waals surface area contributed by atoms with Crippen molar-refractivity contribution in [1.29, 1.82) is 0 Å². The first-order valence-electron chi connectivity index (χ1n) is 8.04. The van der Waals surface area contributed by atoms with Gasteiger partial charge in [0.25, 0.3) is 0 Å². The van der Waals surface area contributed by atoms with E-state index in [0.29, 0.717) is 18.2 Å². The summed E-state index contributed by atoms with van der Waals surface area (Å²) in [5.41, 5.74) is 0.548. The standard InChI is InChI=1S/C17H22FN5OS.HI/c1-3-14-10-21-16(25-14)8-9-20-17(19-2)22-11-15(24)23-13-6-4-12(18)5-7-13;/h4-7,10H,3,8-9,11H2,1-2H3,(H,23,24)(H2,19,20,22);1H. The minimum atomic E-state index is -0.341. The van der Waals surface area contributed by atoms with Gasteiger partial charge in [0.05, 0.1) is 11.6 Å². The number of aryl methyl sites for hydroxylation is 1. The minimum absolute atomic E-state index is 0. The lowest BCUT2D eigenvalue weighted by Crippen LogP contribution is -2.42. The first kappa shape index (κ1) is 22.3. The SMILES string of the molecule is CCc1cnc(CCNC(=NC)NCC(=O)Nc2ccc(F)cc2)s1.I. The van der Waals surface area contributed by atoms with Crippen LogP contribution in [0, 0.1) is 5.82 Å². The lowest BCUT2D eigenvalue weighted by atomic mass is 10.3. The molecule has 0 aliphatic carbocycles. The number of anilines is 1. The molecule has 2 aromatic rings. The molecule has 2 rings (SSSR count). The number of carbonyl (C=O) groups is 1. The number of benzene rings is 1. The molecule has 0 saturated heterocycles. The Hall–Kier alpha value is -1.75. The summed E-state index contributed by atoms with van der Waals surface area (Å²) in [5.74, 6) is -0.0318. The van der Waals surface area contributed by atoms with E-state index in [1.165, 1.54) is 29.1 Å². The van der Waals surface area contributed by atoms with Crippen LogP contribution >= 0.6 is 35.3 Å². The Kier molecular flexibility index (Phi) is 10.1. The minimum Gasteiger partial charge on any atom is -0.356 e. The van der Waals surface area contributed by atoms with Gasteiger partial charge in [-0.05, 0) is 30.7 Å². The summed E-state index contributed by atoms with van der Waals surface area (Å²) in [6, 6.07) is 5.62. The third kappa shape index (κ3) is 7.65. The van der Waals surface area contributed by atoms with E-state index >= 15 is 0 Å². The molecule has 1 heterocycles. The van der Waals surface area contributed by atoms with Gasteiger partial charge >= 0.3 is 0 Å². The molecule has 1 aromatic carbocycles. The molecule has 9 heteroatoms. The molecule has 0 unspecified atom stereocenters. The highest BCUT2D eigenvalue weighted by atomic mass is 127. The quantitative estimate of drug-likeness (QED) is 0.316. The molecule has 0 atom stereocenters. The molecule has 0 radical (unpaired) electrons. The predicted octanol–water partition coefficient (Wildman–Crippen LogP) is 2.81. The van der Waals surface area contributed by atoms with Crippen molar-refractivity contribution < 1.29 is 9.18 Å². The van der Waals surface area contributed by atoms with Crippen LogP contribution in [0.1, 0.15) is 16.8 Å². The second kappa shape index (κ2) is 11.8. The van der Waals surface area contributed by atoms with E-state index in [1.807, 2.05) is 6.20 Å². The highest BCUT2D eigenvalue weighted by Gasteiger charge is 2.05. The number of halogens is 2. The molecule has 0 fully saturated rings. The van der Waals surface area contributed by atoms with Crippen LogP contribution in [0.25, 0.3) is 0 Å². The Morgan fingerprint density at radius 3 is 2.62 bits per heavy atom. The normalized spacial score (nSPS) is 10.8. The van der Waals surface area contributed by atoms with Gasteiger partial charge in [0, 0.05) is 36.8 Å². The maximum Gasteiger partial charge on any atom is 0.243 e. The number of amides is 1. The lowest BCUT2D eigenvalue weighted by Gasteiger charge is -2.11. The van der Waals surface area contributed by atoms with E-state index in [-0.39, 0.29) is 42.2 Å². The number of nitrogens with zero attached hydrogens (tertiary/aromatic N) is 2. The van der Waals surface area contributed by atoms with Gasteiger partial charge in [-0.3, -0.25) is 9.79 Å². The van der Waals surface area contributed by atoms with Crippen LogP contribution < -0.4 is 16.0 Å². The van der Waals surface area contributed by atoms with Crippen molar-refractivity contribution in [3.8, 4) is 0 Å². The Balaban J connectivity index is 0.00000338. The van der Waals surface area contributed by atoms with Crippen molar-refractivity contribution in [2.45, 2.75) is 19.8 Å². The Morgan fingerprint density at radius 1 is 1.27 bits per heavy atom. The molecule has 26 heavy (non-hydrogen) atoms. The van der Waals surface area contributed by atoms with Crippen LogP contribution in [0.5, 0.6) is 0 Å². The zero-order valence-electron chi connectivity index (χ0n) is 14.7. The van der Waals surface area contributed by atoms with E-state index in [4.69, 9.17) is 0 Å². The van der Waals surface area contributed by atoms with Gasteiger partial charge in [0.2, 0.25) is 5.91 Å². The molecule has 0 spiro atoms. The van der Waals surface area contributed by atoms with Crippen molar-refractivity contribution in [3.05, 3.63) is 46.2 Å². The van der Waals surface area contributed by atoms with Gasteiger partial charge < -0.3 is 16.0 Å². The molecule has 1 aromatic heterocycles. The number of thiazole rings is 1. The summed E-state index contributed by atoms with van der Waals surface area (Å²) in [7, 11) is 1.64. The Bertz CT molecular complexity index is 720. The average molecular weight is 491 g/mol. The third-order valence-corrected chi connectivity index (χ3v) is 4.55. The topological polar surface area (TPSA) is 78.4 Å². The van der Waals surface area contributed by atoms with Crippen LogP contribution in [0.2, 0.25) is 0 Å². The van der Waals surface area contributed by atoms with Crippen LogP contribution in [0.3, 0.4) is 0 Å². The zero-order chi connectivity index (χ0) is 18.1. The fourth-order valence-corrected chi connectivity index (χ4v) is 2.90. The van der Waals surface area contributed by atoms with Crippen molar-refractivity contribution in [2.75, 3.05) is 25.5 Å². The summed E-state index contributed by atoms with van der Waals surface area (Å²) >= 11 is 1.71. The van der Waals surface area contributed by atoms with Crippen molar-refractivity contribution in [2.24, 2.45) is 4.99 Å². The number of guanidine groups is 1. The Labute approximate surface area is 173 Å². The number of rotatable bonds is 7. The monoisotopic (exact) mass is 491 g/mol. The molecule has 1 amide bonds. The second-order valence-corrected chi connectivity index (χ2v) is 6.43. The molecule has 0 saturated carbocycles. The lowest BCUT2D eigenvalue weighted by molar-refractivity contribution is -0.115. The maximum absolute atomic E-state index is 12.8. The zero-order valence-corrected chi connectivity index (χ0v) is 17.9. The highest BCUT2D eigenvalue weighted by Crippen LogP contribution is 2.13. The van der Waals surface area contributed by atoms with Gasteiger partial charge in [-0.1, -0.05) is 6.92 Å². The smallest absolute Gasteiger partial charge is 0.243 e. The van der Waals surface area contributed by atoms with E-state index in [1.54, 1.807) is 18.4 Å². The summed E-state index contributed by atoms with van der Waals surface area (Å²) < 4.78 is 12.8. The molecule has 0 aliphatic rings. The van der Waals surface area contributed by atoms with Gasteiger partial charge in [-0.25, -0.2) is 9.37 Å². The predicted molar refractivity (Wildman–Crippen MR) is 115 cm³/mol. The van der Waals surface area contributed by atoms with Gasteiger partial charge in [0.1, 0.15) is 5.82 Å². The largest absolute Gasteiger partial charge is 0.356 e. The number of hydrogen-bond acceptors (Lipinski definition) is 4. The molecule has 3 N–H and O–H groups in total. The number of nitrogens with one attached hydrogen (secondary N) is 3. The fourth-order valence-electron chi connectivity index (χ4n) is 2.04. The third-order valence-electron chi connectivity index (χ3n) is 3.35. The Morgan fingerprint density at radius 2 is 2.00 bits per heavy atom. The van der Waals surface area contributed by atoms with Gasteiger partial charge in [0.15, 0.2) is 5.96 Å². The molecule has 6 nitrogen and oxygen atoms in total. The summed E-state index contributed by atoms with van der Waals surface area (Å²) in [6.07, 6.45) is 3.71. The first-order chi connectivity index (χ1) is 12.1. The van der Waals surface area contributed by atoms with Crippen LogP contribution in [0.4, 0.5) is 10.1 Å². The van der Waals surface area contributed by atoms with Gasteiger partial charge in [-0.2, -0.15) is 0 Å². The molecular formula is C17H23FIN5OS. The molecular weight excluding hydrogens is 468 g/mol. The molecule has 142 valence electrons. The van der Waals surface area contributed by atoms with Crippen LogP contribution in [0.15, 0.2) is 35.5 Å². The van der Waals surface area contributed by atoms with Gasteiger partial charge in [-0.15, -0.1) is 35.3 Å². The maximum atomic E-state index is 12.8. The van der Waals surface area contributed by atoms with Crippen molar-refractivity contribution in [3.63, 3.8) is 0 Å². The number of aromatic nitrogens is 1. The molecule has 0 bridgehead atoms. The van der Waals surface area contributed by atoms with Crippen molar-refractivity contribution >= 4 is 52.9 Å². The first-order valence-corrected chi connectivity index (χ1v) is 8.86. The van der Waals surface area contributed by atoms with E-state index in [9.17, 15) is 9.18 Å². The van der Waals surface area contributed by atoms with Crippen LogP contribution in [-0.2, 0) is 17.6 Å². The number of carbonyl (C=O) groups excluding carboxylic acids is 1. The fraction of sp³-hybridized carbons (Fsp3) is 0.353. The summed E-state index contributed by atoms with van der Waals surface area (Å²) in [5, 5.41) is 9.85. The summed E-state index contributed by atoms with van der Waals surface area (Å²) in [6.45, 7) is 2.85. The van der Waals surface area contributed by atoms with Crippen LogP contribution in [-0.4, -0.2) is 37.0 Å². The van der Waals surface area contributed by atoms with E-state index in [2.05, 4.69) is 32.9 Å². The second-order valence-electron chi connectivity index (χ2n) is 5.23. The number of aliphatic imine (C=N–C) groups is 1. The van der Waals surface area contributed by atoms with Crippen molar-refractivity contribution in [1.82, 2.24) is 15.6 Å². The average Bonchev–Trinajstić information content (AvgIpc) is 3.08. The summed E-state index contributed by atoms with van der Waals surface area (Å²) in [4.78, 5) is 21.6. The molecule has 0 aliphatic heterocycles. The highest BCUT2D eigenvalue weighted by molar-refractivity contribution is 14.0. The number of hydrogen-bond donors (Lipinski definition) is 3. The van der Waals surface area contributed by atoms with E-state index < -0.39 is 0 Å².